The molecule has 0 aliphatic carbocycles. The van der Waals surface area contributed by atoms with Crippen molar-refractivity contribution in [1.82, 2.24) is 0 Å². The molecule has 2 aliphatic rings. The SMILES string of the molecule is CCC(C)C(=O)OC1CC2CCC1O2. The molecule has 2 rings (SSSR count). The van der Waals surface area contributed by atoms with Gasteiger partial charge in [-0.25, -0.2) is 0 Å². The van der Waals surface area contributed by atoms with E-state index in [1.165, 1.54) is 0 Å². The Morgan fingerprint density at radius 1 is 1.57 bits per heavy atom. The average molecular weight is 198 g/mol. The summed E-state index contributed by atoms with van der Waals surface area (Å²) in [6.45, 7) is 3.92. The average Bonchev–Trinajstić information content (AvgIpc) is 2.77. The van der Waals surface area contributed by atoms with Gasteiger partial charge in [0.1, 0.15) is 6.10 Å². The molecule has 80 valence electrons. The molecule has 0 aromatic carbocycles. The number of carbonyl (C=O) groups is 1. The van der Waals surface area contributed by atoms with Crippen molar-refractivity contribution in [3.05, 3.63) is 0 Å². The molecule has 2 aliphatic heterocycles. The van der Waals surface area contributed by atoms with Crippen LogP contribution in [-0.4, -0.2) is 24.3 Å². The first-order valence-corrected chi connectivity index (χ1v) is 5.56. The molecule has 0 radical (unpaired) electrons. The number of fused-ring (bicyclic) bond motifs is 2. The van der Waals surface area contributed by atoms with Crippen LogP contribution in [0.15, 0.2) is 0 Å². The van der Waals surface area contributed by atoms with E-state index in [9.17, 15) is 4.79 Å². The molecule has 0 amide bonds. The van der Waals surface area contributed by atoms with Crippen LogP contribution in [0, 0.1) is 5.92 Å². The van der Waals surface area contributed by atoms with E-state index in [0.717, 1.165) is 25.7 Å². The van der Waals surface area contributed by atoms with Gasteiger partial charge < -0.3 is 9.47 Å². The van der Waals surface area contributed by atoms with Crippen molar-refractivity contribution >= 4 is 5.97 Å². The van der Waals surface area contributed by atoms with E-state index < -0.39 is 0 Å². The van der Waals surface area contributed by atoms with Crippen LogP contribution in [-0.2, 0) is 14.3 Å². The van der Waals surface area contributed by atoms with E-state index >= 15 is 0 Å². The van der Waals surface area contributed by atoms with Crippen LogP contribution in [0.1, 0.15) is 39.5 Å². The van der Waals surface area contributed by atoms with Crippen molar-refractivity contribution in [3.8, 4) is 0 Å². The summed E-state index contributed by atoms with van der Waals surface area (Å²) in [6.07, 6.45) is 4.54. The van der Waals surface area contributed by atoms with Gasteiger partial charge in [-0.05, 0) is 19.3 Å². The minimum absolute atomic E-state index is 0.0223. The highest BCUT2D eigenvalue weighted by atomic mass is 16.6. The molecule has 4 atom stereocenters. The van der Waals surface area contributed by atoms with Crippen LogP contribution in [0.2, 0.25) is 0 Å². The molecule has 3 nitrogen and oxygen atoms in total. The Labute approximate surface area is 84.8 Å². The first kappa shape index (κ1) is 9.97. The van der Waals surface area contributed by atoms with Crippen LogP contribution in [0.25, 0.3) is 0 Å². The summed E-state index contributed by atoms with van der Waals surface area (Å²) in [5.41, 5.74) is 0. The van der Waals surface area contributed by atoms with E-state index in [4.69, 9.17) is 9.47 Å². The summed E-state index contributed by atoms with van der Waals surface area (Å²) in [6, 6.07) is 0. The molecule has 2 bridgehead atoms. The summed E-state index contributed by atoms with van der Waals surface area (Å²) >= 11 is 0. The van der Waals surface area contributed by atoms with Gasteiger partial charge in [-0.3, -0.25) is 4.79 Å². The van der Waals surface area contributed by atoms with Crippen molar-refractivity contribution in [2.24, 2.45) is 5.92 Å². The first-order chi connectivity index (χ1) is 6.70. The molecule has 14 heavy (non-hydrogen) atoms. The highest BCUT2D eigenvalue weighted by molar-refractivity contribution is 5.72. The van der Waals surface area contributed by atoms with Crippen LogP contribution >= 0.6 is 0 Å². The molecule has 3 heteroatoms. The number of hydrogen-bond donors (Lipinski definition) is 0. The van der Waals surface area contributed by atoms with Gasteiger partial charge in [0.05, 0.1) is 18.1 Å². The number of carbonyl (C=O) groups excluding carboxylic acids is 1. The van der Waals surface area contributed by atoms with E-state index in [-0.39, 0.29) is 24.1 Å². The normalized spacial score (nSPS) is 37.1. The Morgan fingerprint density at radius 3 is 2.86 bits per heavy atom. The van der Waals surface area contributed by atoms with E-state index in [2.05, 4.69) is 0 Å². The molecule has 4 unspecified atom stereocenters. The number of esters is 1. The highest BCUT2D eigenvalue weighted by Crippen LogP contribution is 2.36. The zero-order valence-corrected chi connectivity index (χ0v) is 8.86. The third-order valence-electron chi connectivity index (χ3n) is 3.33. The van der Waals surface area contributed by atoms with Gasteiger partial charge in [0.15, 0.2) is 0 Å². The quantitative estimate of drug-likeness (QED) is 0.650. The van der Waals surface area contributed by atoms with Gasteiger partial charge in [0, 0.05) is 6.42 Å². The van der Waals surface area contributed by atoms with Gasteiger partial charge in [0.2, 0.25) is 0 Å². The predicted octanol–water partition coefficient (Wildman–Crippen LogP) is 1.90. The zero-order valence-electron chi connectivity index (χ0n) is 8.86. The maximum atomic E-state index is 11.5. The minimum Gasteiger partial charge on any atom is -0.459 e. The lowest BCUT2D eigenvalue weighted by Crippen LogP contribution is -2.30. The molecular formula is C11H18O3. The van der Waals surface area contributed by atoms with Gasteiger partial charge in [-0.15, -0.1) is 0 Å². The summed E-state index contributed by atoms with van der Waals surface area (Å²) in [7, 11) is 0. The summed E-state index contributed by atoms with van der Waals surface area (Å²) < 4.78 is 11.1. The van der Waals surface area contributed by atoms with Crippen molar-refractivity contribution in [1.29, 1.82) is 0 Å². The molecule has 2 fully saturated rings. The van der Waals surface area contributed by atoms with Gasteiger partial charge in [0.25, 0.3) is 0 Å². The smallest absolute Gasteiger partial charge is 0.309 e. The molecule has 0 spiro atoms. The summed E-state index contributed by atoms with van der Waals surface area (Å²) in [4.78, 5) is 11.5. The molecule has 0 aromatic heterocycles. The number of ether oxygens (including phenoxy) is 2. The third-order valence-corrected chi connectivity index (χ3v) is 3.33. The van der Waals surface area contributed by atoms with Crippen LogP contribution in [0.4, 0.5) is 0 Å². The lowest BCUT2D eigenvalue weighted by molar-refractivity contribution is -0.156. The lowest BCUT2D eigenvalue weighted by atomic mass is 9.97. The predicted molar refractivity (Wildman–Crippen MR) is 51.8 cm³/mol. The summed E-state index contributed by atoms with van der Waals surface area (Å²) in [5.74, 6) is -0.0391. The Kier molecular flexibility index (Phi) is 2.77. The lowest BCUT2D eigenvalue weighted by Gasteiger charge is -2.20. The molecular weight excluding hydrogens is 180 g/mol. The third kappa shape index (κ3) is 1.78. The van der Waals surface area contributed by atoms with Crippen molar-refractivity contribution < 1.29 is 14.3 Å². The monoisotopic (exact) mass is 198 g/mol. The van der Waals surface area contributed by atoms with Crippen LogP contribution in [0.5, 0.6) is 0 Å². The summed E-state index contributed by atoms with van der Waals surface area (Å²) in [5, 5.41) is 0. The van der Waals surface area contributed by atoms with Crippen LogP contribution in [0.3, 0.4) is 0 Å². The van der Waals surface area contributed by atoms with Gasteiger partial charge in [-0.1, -0.05) is 13.8 Å². The molecule has 0 saturated carbocycles. The molecule has 2 heterocycles. The number of rotatable bonds is 3. The first-order valence-electron chi connectivity index (χ1n) is 5.56. The Balaban J connectivity index is 1.84. The second-order valence-electron chi connectivity index (χ2n) is 4.39. The van der Waals surface area contributed by atoms with E-state index in [1.54, 1.807) is 0 Å². The van der Waals surface area contributed by atoms with Gasteiger partial charge >= 0.3 is 5.97 Å². The largest absolute Gasteiger partial charge is 0.459 e. The topological polar surface area (TPSA) is 35.5 Å². The molecule has 2 saturated heterocycles. The Bertz CT molecular complexity index is 227. The fourth-order valence-electron chi connectivity index (χ4n) is 2.15. The fraction of sp³-hybridized carbons (Fsp3) is 0.909. The van der Waals surface area contributed by atoms with Crippen LogP contribution < -0.4 is 0 Å². The fourth-order valence-corrected chi connectivity index (χ4v) is 2.15. The Morgan fingerprint density at radius 2 is 2.36 bits per heavy atom. The standard InChI is InChI=1S/C11H18O3/c1-3-7(2)11(12)14-10-6-8-4-5-9(10)13-8/h7-10H,3-6H2,1-2H3. The Hall–Kier alpha value is -0.570. The maximum Gasteiger partial charge on any atom is 0.309 e. The minimum atomic E-state index is -0.0614. The van der Waals surface area contributed by atoms with Gasteiger partial charge in [-0.2, -0.15) is 0 Å². The second-order valence-corrected chi connectivity index (χ2v) is 4.39. The van der Waals surface area contributed by atoms with E-state index in [1.807, 2.05) is 13.8 Å². The highest BCUT2D eigenvalue weighted by Gasteiger charge is 2.43. The molecule has 0 aromatic rings. The van der Waals surface area contributed by atoms with Crippen molar-refractivity contribution in [2.75, 3.05) is 0 Å². The number of hydrogen-bond acceptors (Lipinski definition) is 3. The van der Waals surface area contributed by atoms with E-state index in [0.29, 0.717) is 6.10 Å². The van der Waals surface area contributed by atoms with Crippen molar-refractivity contribution in [3.63, 3.8) is 0 Å². The van der Waals surface area contributed by atoms with Crippen molar-refractivity contribution in [2.45, 2.75) is 57.8 Å². The maximum absolute atomic E-state index is 11.5. The molecule has 0 N–H and O–H groups in total. The zero-order chi connectivity index (χ0) is 10.1. The second kappa shape index (κ2) is 3.89.